The first-order valence-corrected chi connectivity index (χ1v) is 12.9. The zero-order valence-corrected chi connectivity index (χ0v) is 21.1. The summed E-state index contributed by atoms with van der Waals surface area (Å²) in [5, 5.41) is 4.13. The molecule has 0 fully saturated rings. The minimum absolute atomic E-state index is 0.0365. The lowest BCUT2D eigenvalue weighted by Crippen LogP contribution is -2.36. The maximum atomic E-state index is 13.1. The molecule has 6 heteroatoms. The van der Waals surface area contributed by atoms with Crippen molar-refractivity contribution in [3.63, 3.8) is 0 Å². The van der Waals surface area contributed by atoms with Crippen molar-refractivity contribution in [1.82, 2.24) is 14.7 Å². The van der Waals surface area contributed by atoms with Crippen LogP contribution in [0.25, 0.3) is 0 Å². The largest absolute Gasteiger partial charge is 0.349 e. The zero-order valence-electron chi connectivity index (χ0n) is 20.3. The third-order valence-corrected chi connectivity index (χ3v) is 6.72. The Morgan fingerprint density at radius 2 is 1.49 bits per heavy atom. The second-order valence-electron chi connectivity index (χ2n) is 8.91. The van der Waals surface area contributed by atoms with E-state index in [4.69, 9.17) is 4.98 Å². The monoisotopic (exact) mass is 484 g/mol. The Bertz CT molecular complexity index is 1180. The van der Waals surface area contributed by atoms with Crippen LogP contribution in [-0.2, 0) is 17.6 Å². The predicted molar refractivity (Wildman–Crippen MR) is 144 cm³/mol. The van der Waals surface area contributed by atoms with Crippen LogP contribution < -0.4 is 10.2 Å². The standard InChI is InChI=1S/C29H32N4OS/c1-22(2)33(29-31-27(32-35-29)21-24-14-8-4-9-15-24)19-18-28(34)30-26(25-16-10-5-11-17-25)20-23-12-6-3-7-13-23/h3-17,22,26H,18-21H2,1-2H3,(H,30,34). The fraction of sp³-hybridized carbons (Fsp3) is 0.276. The number of rotatable bonds is 11. The van der Waals surface area contributed by atoms with E-state index < -0.39 is 0 Å². The first-order chi connectivity index (χ1) is 17.1. The van der Waals surface area contributed by atoms with E-state index in [0.717, 1.165) is 22.9 Å². The summed E-state index contributed by atoms with van der Waals surface area (Å²) >= 11 is 1.40. The van der Waals surface area contributed by atoms with Crippen LogP contribution in [-0.4, -0.2) is 27.9 Å². The molecule has 4 rings (SSSR count). The summed E-state index contributed by atoms with van der Waals surface area (Å²) in [4.78, 5) is 20.0. The fourth-order valence-corrected chi connectivity index (χ4v) is 4.91. The number of hydrogen-bond donors (Lipinski definition) is 1. The Balaban J connectivity index is 1.39. The Morgan fingerprint density at radius 3 is 2.11 bits per heavy atom. The first-order valence-electron chi connectivity index (χ1n) is 12.1. The van der Waals surface area contributed by atoms with E-state index in [1.807, 2.05) is 54.6 Å². The second-order valence-corrected chi connectivity index (χ2v) is 9.64. The molecule has 1 atom stereocenters. The van der Waals surface area contributed by atoms with Gasteiger partial charge < -0.3 is 10.2 Å². The normalized spacial score (nSPS) is 11.9. The molecular formula is C29H32N4OS. The van der Waals surface area contributed by atoms with Gasteiger partial charge in [0.1, 0.15) is 5.82 Å². The molecule has 1 aromatic heterocycles. The number of hydrogen-bond acceptors (Lipinski definition) is 5. The van der Waals surface area contributed by atoms with Crippen molar-refractivity contribution in [3.8, 4) is 0 Å². The average Bonchev–Trinajstić information content (AvgIpc) is 3.33. The van der Waals surface area contributed by atoms with E-state index in [1.54, 1.807) is 0 Å². The van der Waals surface area contributed by atoms with Crippen LogP contribution in [0.15, 0.2) is 91.0 Å². The van der Waals surface area contributed by atoms with Crippen LogP contribution in [0.5, 0.6) is 0 Å². The van der Waals surface area contributed by atoms with Gasteiger partial charge in [0.25, 0.3) is 0 Å². The van der Waals surface area contributed by atoms with Crippen molar-refractivity contribution in [2.75, 3.05) is 11.4 Å². The van der Waals surface area contributed by atoms with Gasteiger partial charge in [0.05, 0.1) is 6.04 Å². The number of carbonyl (C=O) groups is 1. The lowest BCUT2D eigenvalue weighted by Gasteiger charge is -2.26. The van der Waals surface area contributed by atoms with Crippen molar-refractivity contribution in [3.05, 3.63) is 114 Å². The SMILES string of the molecule is CC(C)N(CCC(=O)NC(Cc1ccccc1)c1ccccc1)c1nc(Cc2ccccc2)ns1. The number of benzene rings is 3. The van der Waals surface area contributed by atoms with Crippen LogP contribution in [0.2, 0.25) is 0 Å². The molecule has 0 spiro atoms. The third kappa shape index (κ3) is 7.23. The minimum Gasteiger partial charge on any atom is -0.349 e. The van der Waals surface area contributed by atoms with E-state index in [1.165, 1.54) is 22.7 Å². The van der Waals surface area contributed by atoms with Crippen molar-refractivity contribution in [1.29, 1.82) is 0 Å². The summed E-state index contributed by atoms with van der Waals surface area (Å²) in [6.45, 7) is 4.84. The van der Waals surface area contributed by atoms with Gasteiger partial charge in [-0.1, -0.05) is 91.0 Å². The summed E-state index contributed by atoms with van der Waals surface area (Å²) in [7, 11) is 0. The fourth-order valence-electron chi connectivity index (χ4n) is 4.06. The highest BCUT2D eigenvalue weighted by Crippen LogP contribution is 2.22. The highest BCUT2D eigenvalue weighted by molar-refractivity contribution is 7.09. The van der Waals surface area contributed by atoms with Crippen molar-refractivity contribution in [2.24, 2.45) is 0 Å². The van der Waals surface area contributed by atoms with Crippen molar-refractivity contribution < 1.29 is 4.79 Å². The average molecular weight is 485 g/mol. The van der Waals surface area contributed by atoms with Crippen LogP contribution >= 0.6 is 11.5 Å². The molecule has 1 amide bonds. The van der Waals surface area contributed by atoms with Gasteiger partial charge in [-0.15, -0.1) is 0 Å². The van der Waals surface area contributed by atoms with Crippen LogP contribution in [0, 0.1) is 0 Å². The second kappa shape index (κ2) is 12.3. The first kappa shape index (κ1) is 24.6. The highest BCUT2D eigenvalue weighted by atomic mass is 32.1. The number of nitrogens with zero attached hydrogens (tertiary/aromatic N) is 3. The molecule has 3 aromatic carbocycles. The number of carbonyl (C=O) groups excluding carboxylic acids is 1. The smallest absolute Gasteiger partial charge is 0.222 e. The van der Waals surface area contributed by atoms with Crippen LogP contribution in [0.4, 0.5) is 5.13 Å². The number of aromatic nitrogens is 2. The van der Waals surface area contributed by atoms with Crippen molar-refractivity contribution in [2.45, 2.75) is 45.2 Å². The molecule has 0 aliphatic heterocycles. The Kier molecular flexibility index (Phi) is 8.63. The van der Waals surface area contributed by atoms with Crippen molar-refractivity contribution >= 4 is 22.6 Å². The van der Waals surface area contributed by atoms with Gasteiger partial charge in [0.2, 0.25) is 11.0 Å². The van der Waals surface area contributed by atoms with Gasteiger partial charge in [-0.2, -0.15) is 4.37 Å². The molecule has 5 nitrogen and oxygen atoms in total. The Morgan fingerprint density at radius 1 is 0.886 bits per heavy atom. The Labute approximate surface area is 212 Å². The van der Waals surface area contributed by atoms with Gasteiger partial charge in [-0.25, -0.2) is 4.98 Å². The van der Waals surface area contributed by atoms with Gasteiger partial charge in [-0.3, -0.25) is 4.79 Å². The summed E-state index contributed by atoms with van der Waals surface area (Å²) in [6, 6.07) is 30.9. The summed E-state index contributed by atoms with van der Waals surface area (Å²) < 4.78 is 4.57. The lowest BCUT2D eigenvalue weighted by atomic mass is 9.98. The molecule has 4 aromatic rings. The summed E-state index contributed by atoms with van der Waals surface area (Å²) in [5.41, 5.74) is 3.50. The third-order valence-electron chi connectivity index (χ3n) is 5.93. The maximum absolute atomic E-state index is 13.1. The molecule has 35 heavy (non-hydrogen) atoms. The van der Waals surface area contributed by atoms with Gasteiger partial charge in [0.15, 0.2) is 0 Å². The van der Waals surface area contributed by atoms with Gasteiger partial charge in [0, 0.05) is 37.0 Å². The topological polar surface area (TPSA) is 58.1 Å². The summed E-state index contributed by atoms with van der Waals surface area (Å²) in [6.07, 6.45) is 1.86. The maximum Gasteiger partial charge on any atom is 0.222 e. The van der Waals surface area contributed by atoms with E-state index in [2.05, 4.69) is 64.8 Å². The van der Waals surface area contributed by atoms with Gasteiger partial charge in [-0.05, 0) is 37.0 Å². The van der Waals surface area contributed by atoms with E-state index >= 15 is 0 Å². The van der Waals surface area contributed by atoms with E-state index in [9.17, 15) is 4.79 Å². The quantitative estimate of drug-likeness (QED) is 0.291. The molecule has 1 heterocycles. The number of nitrogens with one attached hydrogen (secondary N) is 1. The minimum atomic E-state index is -0.0717. The molecule has 0 saturated carbocycles. The predicted octanol–water partition coefficient (Wildman–Crippen LogP) is 5.83. The van der Waals surface area contributed by atoms with Crippen LogP contribution in [0.3, 0.4) is 0 Å². The summed E-state index contributed by atoms with van der Waals surface area (Å²) in [5.74, 6) is 0.854. The molecule has 1 unspecified atom stereocenters. The number of amides is 1. The Hall–Kier alpha value is -3.51. The molecule has 0 aliphatic carbocycles. The molecule has 0 saturated heterocycles. The van der Waals surface area contributed by atoms with Crippen LogP contribution in [0.1, 0.15) is 48.8 Å². The van der Waals surface area contributed by atoms with E-state index in [0.29, 0.717) is 19.4 Å². The van der Waals surface area contributed by atoms with E-state index in [-0.39, 0.29) is 18.0 Å². The molecular weight excluding hydrogens is 452 g/mol. The van der Waals surface area contributed by atoms with Gasteiger partial charge >= 0.3 is 0 Å². The molecule has 1 N–H and O–H groups in total. The highest BCUT2D eigenvalue weighted by Gasteiger charge is 2.20. The zero-order chi connectivity index (χ0) is 24.5. The molecule has 0 bridgehead atoms. The molecule has 180 valence electrons. The number of anilines is 1. The molecule has 0 radical (unpaired) electrons. The lowest BCUT2D eigenvalue weighted by molar-refractivity contribution is -0.121. The molecule has 0 aliphatic rings.